The molecular weight excluding hydrogens is 291 g/mol. The molecule has 1 N–H and O–H groups in total. The molecule has 23 heavy (non-hydrogen) atoms. The van der Waals surface area contributed by atoms with Gasteiger partial charge in [-0.05, 0) is 11.6 Å². The molecule has 0 amide bonds. The number of hydrogen-bond acceptors (Lipinski definition) is 3. The second kappa shape index (κ2) is 6.32. The third-order valence-electron chi connectivity index (χ3n) is 4.26. The van der Waals surface area contributed by atoms with Crippen molar-refractivity contribution in [3.63, 3.8) is 0 Å². The van der Waals surface area contributed by atoms with Crippen LogP contribution in [0.3, 0.4) is 0 Å². The molecule has 4 heteroatoms. The van der Waals surface area contributed by atoms with E-state index in [0.717, 1.165) is 17.7 Å². The molecule has 0 saturated heterocycles. The predicted octanol–water partition coefficient (Wildman–Crippen LogP) is 4.79. The first kappa shape index (κ1) is 15.4. The van der Waals surface area contributed by atoms with E-state index in [2.05, 4.69) is 47.6 Å². The van der Waals surface area contributed by atoms with Crippen molar-refractivity contribution in [2.24, 2.45) is 0 Å². The Hall–Kier alpha value is -2.49. The van der Waals surface area contributed by atoms with E-state index in [9.17, 15) is 4.39 Å². The largest absolute Gasteiger partial charge is 0.454 e. The highest BCUT2D eigenvalue weighted by Gasteiger charge is 2.28. The number of alkyl halides is 1. The third-order valence-corrected chi connectivity index (χ3v) is 4.26. The van der Waals surface area contributed by atoms with Gasteiger partial charge in [-0.3, -0.25) is 4.39 Å². The maximum absolute atomic E-state index is 9.50. The summed E-state index contributed by atoms with van der Waals surface area (Å²) in [5.41, 5.74) is 4.53. The fourth-order valence-corrected chi connectivity index (χ4v) is 3.27. The van der Waals surface area contributed by atoms with Crippen molar-refractivity contribution < 1.29 is 8.81 Å². The van der Waals surface area contributed by atoms with Gasteiger partial charge in [0, 0.05) is 42.7 Å². The van der Waals surface area contributed by atoms with E-state index in [1.54, 1.807) is 0 Å². The van der Waals surface area contributed by atoms with Gasteiger partial charge in [-0.1, -0.05) is 37.3 Å². The Balaban J connectivity index is 0.000000753. The quantitative estimate of drug-likeness (QED) is 0.738. The molecule has 1 aliphatic heterocycles. The van der Waals surface area contributed by atoms with Crippen molar-refractivity contribution >= 4 is 27.6 Å². The number of fused-ring (bicyclic) bond motifs is 5. The number of furan rings is 1. The van der Waals surface area contributed by atoms with Crippen LogP contribution < -0.4 is 10.2 Å². The Morgan fingerprint density at radius 2 is 1.96 bits per heavy atom. The average Bonchev–Trinajstić information content (AvgIpc) is 3.12. The minimum atomic E-state index is 0.500. The minimum absolute atomic E-state index is 0.500. The second-order valence-electron chi connectivity index (χ2n) is 5.64. The summed E-state index contributed by atoms with van der Waals surface area (Å²) in [5.74, 6) is 0.513. The molecule has 1 aliphatic rings. The van der Waals surface area contributed by atoms with Gasteiger partial charge in [-0.25, -0.2) is 0 Å². The van der Waals surface area contributed by atoms with Crippen LogP contribution in [-0.4, -0.2) is 20.8 Å². The molecule has 0 aliphatic carbocycles. The number of benzene rings is 2. The summed E-state index contributed by atoms with van der Waals surface area (Å²) in [6, 6.07) is 12.7. The van der Waals surface area contributed by atoms with E-state index in [1.165, 1.54) is 22.0 Å². The molecular formula is C19H21FN2O. The highest BCUT2D eigenvalue weighted by molar-refractivity contribution is 6.10. The van der Waals surface area contributed by atoms with Gasteiger partial charge in [0.1, 0.15) is 5.58 Å². The molecule has 2 heterocycles. The van der Waals surface area contributed by atoms with Crippen molar-refractivity contribution in [2.45, 2.75) is 12.8 Å². The van der Waals surface area contributed by atoms with Crippen molar-refractivity contribution in [2.75, 3.05) is 25.7 Å². The Labute approximate surface area is 135 Å². The first-order valence-corrected chi connectivity index (χ1v) is 7.72. The standard InChI is InChI=1S/C18H18N2O.CH3F/c1-12-11-20(10-9-19-2)17-13(12)7-8-15-14-5-3-4-6-16(14)21-18(15)17;1-2/h3-10,12,19H,11H2,1-2H3;1H3/b10-9-;. The summed E-state index contributed by atoms with van der Waals surface area (Å²) in [5, 5.41) is 5.45. The van der Waals surface area contributed by atoms with Crippen LogP contribution in [0.2, 0.25) is 0 Å². The molecule has 120 valence electrons. The number of halogens is 1. The number of nitrogens with one attached hydrogen (secondary N) is 1. The highest BCUT2D eigenvalue weighted by atomic mass is 19.1. The minimum Gasteiger partial charge on any atom is -0.454 e. The fourth-order valence-electron chi connectivity index (χ4n) is 3.27. The smallest absolute Gasteiger partial charge is 0.159 e. The molecule has 4 rings (SSSR count). The van der Waals surface area contributed by atoms with Crippen LogP contribution in [0.4, 0.5) is 10.1 Å². The zero-order chi connectivity index (χ0) is 16.4. The van der Waals surface area contributed by atoms with Gasteiger partial charge in [0.05, 0.1) is 12.9 Å². The van der Waals surface area contributed by atoms with Gasteiger partial charge in [-0.15, -0.1) is 0 Å². The van der Waals surface area contributed by atoms with E-state index in [0.29, 0.717) is 13.1 Å². The highest BCUT2D eigenvalue weighted by Crippen LogP contribution is 2.44. The molecule has 2 aromatic carbocycles. The molecule has 3 aromatic rings. The number of anilines is 1. The molecule has 0 saturated carbocycles. The van der Waals surface area contributed by atoms with Crippen molar-refractivity contribution in [1.29, 1.82) is 0 Å². The lowest BCUT2D eigenvalue weighted by atomic mass is 10.0. The monoisotopic (exact) mass is 312 g/mol. The van der Waals surface area contributed by atoms with E-state index >= 15 is 0 Å². The van der Waals surface area contributed by atoms with Crippen LogP contribution >= 0.6 is 0 Å². The molecule has 0 fully saturated rings. The fraction of sp³-hybridized carbons (Fsp3) is 0.263. The van der Waals surface area contributed by atoms with E-state index < -0.39 is 0 Å². The maximum atomic E-state index is 9.50. The van der Waals surface area contributed by atoms with E-state index in [-0.39, 0.29) is 0 Å². The van der Waals surface area contributed by atoms with Gasteiger partial charge in [0.2, 0.25) is 0 Å². The van der Waals surface area contributed by atoms with E-state index in [4.69, 9.17) is 4.42 Å². The van der Waals surface area contributed by atoms with Crippen LogP contribution in [0.1, 0.15) is 18.4 Å². The van der Waals surface area contributed by atoms with Crippen LogP contribution in [0.25, 0.3) is 21.9 Å². The van der Waals surface area contributed by atoms with Gasteiger partial charge in [-0.2, -0.15) is 0 Å². The Morgan fingerprint density at radius 3 is 2.74 bits per heavy atom. The summed E-state index contributed by atoms with van der Waals surface area (Å²) in [4.78, 5) is 2.28. The number of para-hydroxylation sites is 1. The molecule has 3 nitrogen and oxygen atoms in total. The summed E-state index contributed by atoms with van der Waals surface area (Å²) in [7, 11) is 2.42. The summed E-state index contributed by atoms with van der Waals surface area (Å²) in [6.45, 7) is 3.25. The molecule has 1 aromatic heterocycles. The Bertz CT molecular complexity index is 853. The van der Waals surface area contributed by atoms with Crippen LogP contribution in [0, 0.1) is 0 Å². The predicted molar refractivity (Wildman–Crippen MR) is 94.7 cm³/mol. The number of rotatable bonds is 2. The SMILES string of the molecule is CF.CN/C=C\N1CC(C)c2ccc3c(oc4ccccc43)c21. The van der Waals surface area contributed by atoms with Gasteiger partial charge in [0.15, 0.2) is 5.58 Å². The zero-order valence-electron chi connectivity index (χ0n) is 13.6. The zero-order valence-corrected chi connectivity index (χ0v) is 13.6. The van der Waals surface area contributed by atoms with Crippen LogP contribution in [0.5, 0.6) is 0 Å². The first-order chi connectivity index (χ1) is 11.3. The number of hydrogen-bond donors (Lipinski definition) is 1. The van der Waals surface area contributed by atoms with Gasteiger partial charge in [0.25, 0.3) is 0 Å². The normalized spacial score (nSPS) is 16.7. The summed E-state index contributed by atoms with van der Waals surface area (Å²) < 4.78 is 15.7. The lowest BCUT2D eigenvalue weighted by molar-refractivity contribution is 0.636. The topological polar surface area (TPSA) is 28.4 Å². The molecule has 0 radical (unpaired) electrons. The lowest BCUT2D eigenvalue weighted by Gasteiger charge is -2.14. The Morgan fingerprint density at radius 1 is 1.17 bits per heavy atom. The van der Waals surface area contributed by atoms with Gasteiger partial charge >= 0.3 is 0 Å². The second-order valence-corrected chi connectivity index (χ2v) is 5.64. The molecule has 1 atom stereocenters. The Kier molecular flexibility index (Phi) is 4.24. The molecule has 0 spiro atoms. The van der Waals surface area contributed by atoms with Crippen molar-refractivity contribution in [1.82, 2.24) is 5.32 Å². The molecule has 1 unspecified atom stereocenters. The molecule has 0 bridgehead atoms. The first-order valence-electron chi connectivity index (χ1n) is 7.72. The maximum Gasteiger partial charge on any atom is 0.159 e. The number of nitrogens with zero attached hydrogens (tertiary/aromatic N) is 1. The van der Waals surface area contributed by atoms with Crippen molar-refractivity contribution in [3.05, 3.63) is 54.4 Å². The summed E-state index contributed by atoms with van der Waals surface area (Å²) >= 11 is 0. The van der Waals surface area contributed by atoms with E-state index in [1.807, 2.05) is 25.4 Å². The summed E-state index contributed by atoms with van der Waals surface area (Å²) in [6.07, 6.45) is 4.05. The van der Waals surface area contributed by atoms with Gasteiger partial charge < -0.3 is 14.6 Å². The lowest BCUT2D eigenvalue weighted by Crippen LogP contribution is -2.14. The third kappa shape index (κ3) is 2.44. The average molecular weight is 312 g/mol. The van der Waals surface area contributed by atoms with Crippen LogP contribution in [0.15, 0.2) is 53.2 Å². The van der Waals surface area contributed by atoms with Crippen molar-refractivity contribution in [3.8, 4) is 0 Å². The van der Waals surface area contributed by atoms with Crippen LogP contribution in [-0.2, 0) is 0 Å².